The third-order valence-electron chi connectivity index (χ3n) is 1.95. The third kappa shape index (κ3) is 1.26. The van der Waals surface area contributed by atoms with Gasteiger partial charge in [-0.2, -0.15) is 0 Å². The van der Waals surface area contributed by atoms with Gasteiger partial charge in [0, 0.05) is 4.70 Å². The van der Waals surface area contributed by atoms with Gasteiger partial charge in [-0.15, -0.1) is 11.3 Å². The second-order valence-corrected chi connectivity index (χ2v) is 3.91. The number of benzene rings is 1. The molecule has 0 fully saturated rings. The highest BCUT2D eigenvalue weighted by molar-refractivity contribution is 7.17. The summed E-state index contributed by atoms with van der Waals surface area (Å²) >= 11 is 1.19. The lowest BCUT2D eigenvalue weighted by Gasteiger charge is -1.95. The monoisotopic (exact) mass is 211 g/mol. The van der Waals surface area contributed by atoms with Gasteiger partial charge < -0.3 is 0 Å². The summed E-state index contributed by atoms with van der Waals surface area (Å²) in [5.41, 5.74) is 0.620. The van der Waals surface area contributed by atoms with Gasteiger partial charge in [0.05, 0.1) is 10.3 Å². The largest absolute Gasteiger partial charge is 0.290 e. The molecule has 0 radical (unpaired) electrons. The van der Waals surface area contributed by atoms with Crippen LogP contribution in [0.2, 0.25) is 0 Å². The van der Waals surface area contributed by atoms with Crippen molar-refractivity contribution in [2.75, 3.05) is 0 Å². The van der Waals surface area contributed by atoms with Gasteiger partial charge >= 0.3 is 0 Å². The van der Waals surface area contributed by atoms with Crippen molar-refractivity contribution in [1.29, 1.82) is 0 Å². The average molecular weight is 211 g/mol. The van der Waals surface area contributed by atoms with Crippen LogP contribution in [0.3, 0.4) is 0 Å². The van der Waals surface area contributed by atoms with Crippen LogP contribution in [0.4, 0.5) is 10.1 Å². The van der Waals surface area contributed by atoms with Gasteiger partial charge in [-0.1, -0.05) is 0 Å². The van der Waals surface area contributed by atoms with Crippen molar-refractivity contribution in [2.24, 2.45) is 0 Å². The van der Waals surface area contributed by atoms with E-state index in [0.717, 1.165) is 5.56 Å². The van der Waals surface area contributed by atoms with Gasteiger partial charge in [0.1, 0.15) is 11.2 Å². The van der Waals surface area contributed by atoms with E-state index in [9.17, 15) is 14.5 Å². The molecular weight excluding hydrogens is 205 g/mol. The first-order valence-corrected chi connectivity index (χ1v) is 4.79. The minimum atomic E-state index is -0.558. The van der Waals surface area contributed by atoms with Gasteiger partial charge in [0.2, 0.25) is 0 Å². The van der Waals surface area contributed by atoms with Crippen molar-refractivity contribution in [3.63, 3.8) is 0 Å². The van der Waals surface area contributed by atoms with Gasteiger partial charge in [-0.25, -0.2) is 4.39 Å². The SMILES string of the molecule is Cc1cc(F)c2c([N+](=O)[O-])csc2c1. The van der Waals surface area contributed by atoms with E-state index in [2.05, 4.69) is 0 Å². The minimum absolute atomic E-state index is 0.116. The zero-order chi connectivity index (χ0) is 10.3. The van der Waals surface area contributed by atoms with Gasteiger partial charge in [0.15, 0.2) is 0 Å². The number of rotatable bonds is 1. The fourth-order valence-corrected chi connectivity index (χ4v) is 2.38. The Kier molecular flexibility index (Phi) is 1.96. The summed E-state index contributed by atoms with van der Waals surface area (Å²) in [4.78, 5) is 10.0. The van der Waals surface area contributed by atoms with Gasteiger partial charge in [0.25, 0.3) is 5.69 Å². The molecule has 14 heavy (non-hydrogen) atoms. The second-order valence-electron chi connectivity index (χ2n) is 3.00. The Morgan fingerprint density at radius 2 is 2.21 bits per heavy atom. The van der Waals surface area contributed by atoms with E-state index in [4.69, 9.17) is 0 Å². The van der Waals surface area contributed by atoms with E-state index in [-0.39, 0.29) is 11.1 Å². The van der Waals surface area contributed by atoms with Crippen molar-refractivity contribution < 1.29 is 9.31 Å². The van der Waals surface area contributed by atoms with Crippen LogP contribution in [0, 0.1) is 22.9 Å². The summed E-state index contributed by atoms with van der Waals surface area (Å²) in [7, 11) is 0. The van der Waals surface area contributed by atoms with E-state index in [1.807, 2.05) is 0 Å². The molecule has 0 bridgehead atoms. The maximum Gasteiger partial charge on any atom is 0.290 e. The molecule has 0 saturated carbocycles. The zero-order valence-electron chi connectivity index (χ0n) is 7.28. The molecule has 5 heteroatoms. The fourth-order valence-electron chi connectivity index (χ4n) is 1.36. The third-order valence-corrected chi connectivity index (χ3v) is 2.87. The molecule has 0 atom stereocenters. The lowest BCUT2D eigenvalue weighted by Crippen LogP contribution is -1.87. The molecule has 0 aliphatic heterocycles. The lowest BCUT2D eigenvalue weighted by atomic mass is 10.2. The molecule has 72 valence electrons. The zero-order valence-corrected chi connectivity index (χ0v) is 8.10. The van der Waals surface area contributed by atoms with Crippen molar-refractivity contribution >= 4 is 27.1 Å². The molecule has 0 N–H and O–H groups in total. The van der Waals surface area contributed by atoms with Crippen molar-refractivity contribution in [3.05, 3.63) is 39.0 Å². The number of nitro groups is 1. The van der Waals surface area contributed by atoms with Gasteiger partial charge in [-0.05, 0) is 24.6 Å². The normalized spacial score (nSPS) is 10.7. The van der Waals surface area contributed by atoms with Crippen LogP contribution in [0.15, 0.2) is 17.5 Å². The van der Waals surface area contributed by atoms with Gasteiger partial charge in [-0.3, -0.25) is 10.1 Å². The Bertz CT molecular complexity index is 521. The fraction of sp³-hybridized carbons (Fsp3) is 0.111. The maximum absolute atomic E-state index is 13.4. The molecule has 2 aromatic rings. The quantitative estimate of drug-likeness (QED) is 0.536. The summed E-state index contributed by atoms with van der Waals surface area (Å²) in [5.74, 6) is -0.520. The summed E-state index contributed by atoms with van der Waals surface area (Å²) in [6, 6.07) is 3.05. The Labute approximate surface area is 82.9 Å². The summed E-state index contributed by atoms with van der Waals surface area (Å²) < 4.78 is 14.0. The first-order valence-electron chi connectivity index (χ1n) is 3.91. The number of nitrogens with zero attached hydrogens (tertiary/aromatic N) is 1. The number of hydrogen-bond donors (Lipinski definition) is 0. The molecular formula is C9H6FNO2S. The highest BCUT2D eigenvalue weighted by atomic mass is 32.1. The lowest BCUT2D eigenvalue weighted by molar-refractivity contribution is -0.382. The van der Waals surface area contributed by atoms with Crippen molar-refractivity contribution in [2.45, 2.75) is 6.92 Å². The van der Waals surface area contributed by atoms with Crippen molar-refractivity contribution in [3.8, 4) is 0 Å². The Hall–Kier alpha value is -1.49. The van der Waals surface area contributed by atoms with Crippen LogP contribution < -0.4 is 0 Å². The van der Waals surface area contributed by atoms with Crippen LogP contribution in [0.25, 0.3) is 10.1 Å². The minimum Gasteiger partial charge on any atom is -0.258 e. The highest BCUT2D eigenvalue weighted by Gasteiger charge is 2.18. The number of thiophene rings is 1. The molecule has 1 aromatic heterocycles. The second kappa shape index (κ2) is 3.02. The van der Waals surface area contributed by atoms with Crippen LogP contribution in [-0.2, 0) is 0 Å². The molecule has 0 unspecified atom stereocenters. The Balaban J connectivity index is 2.85. The van der Waals surface area contributed by atoms with Crippen LogP contribution in [0.1, 0.15) is 5.56 Å². The average Bonchev–Trinajstić information content (AvgIpc) is 2.47. The predicted molar refractivity (Wildman–Crippen MR) is 53.2 cm³/mol. The predicted octanol–water partition coefficient (Wildman–Crippen LogP) is 3.26. The molecule has 0 amide bonds. The van der Waals surface area contributed by atoms with E-state index in [0.29, 0.717) is 4.70 Å². The Morgan fingerprint density at radius 1 is 1.50 bits per heavy atom. The first-order chi connectivity index (χ1) is 6.59. The van der Waals surface area contributed by atoms with Crippen LogP contribution >= 0.6 is 11.3 Å². The molecule has 3 nitrogen and oxygen atoms in total. The summed E-state index contributed by atoms with van der Waals surface area (Å²) in [6.45, 7) is 1.76. The van der Waals surface area contributed by atoms with Crippen molar-refractivity contribution in [1.82, 2.24) is 0 Å². The smallest absolute Gasteiger partial charge is 0.258 e. The van der Waals surface area contributed by atoms with E-state index < -0.39 is 10.7 Å². The number of aryl methyl sites for hydroxylation is 1. The number of fused-ring (bicyclic) bond motifs is 1. The summed E-state index contributed by atoms with van der Waals surface area (Å²) in [5, 5.41) is 12.0. The molecule has 2 rings (SSSR count). The first kappa shape index (κ1) is 9.08. The molecule has 0 saturated heterocycles. The molecule has 1 aromatic carbocycles. The summed E-state index contributed by atoms with van der Waals surface area (Å²) in [6.07, 6.45) is 0. The maximum atomic E-state index is 13.4. The van der Waals surface area contributed by atoms with E-state index in [1.165, 1.54) is 22.8 Å². The van der Waals surface area contributed by atoms with E-state index in [1.54, 1.807) is 13.0 Å². The molecule has 1 heterocycles. The standard InChI is InChI=1S/C9H6FNO2S/c1-5-2-6(10)9-7(11(12)13)4-14-8(9)3-5/h2-4H,1H3. The highest BCUT2D eigenvalue weighted by Crippen LogP contribution is 2.34. The van der Waals surface area contributed by atoms with Crippen LogP contribution in [-0.4, -0.2) is 4.92 Å². The molecule has 0 aliphatic carbocycles. The topological polar surface area (TPSA) is 43.1 Å². The van der Waals surface area contributed by atoms with Crippen LogP contribution in [0.5, 0.6) is 0 Å². The molecule has 0 spiro atoms. The number of hydrogen-bond acceptors (Lipinski definition) is 3. The molecule has 0 aliphatic rings. The van der Waals surface area contributed by atoms with E-state index >= 15 is 0 Å². The Morgan fingerprint density at radius 3 is 2.86 bits per heavy atom. The number of halogens is 1.